The van der Waals surface area contributed by atoms with Crippen LogP contribution in [0.2, 0.25) is 0 Å². The maximum atomic E-state index is 6.31. The summed E-state index contributed by atoms with van der Waals surface area (Å²) in [7, 11) is 6.37. The average Bonchev–Trinajstić information content (AvgIpc) is 2.36. The van der Waals surface area contributed by atoms with Gasteiger partial charge in [-0.15, -0.1) is 0 Å². The molecule has 0 amide bonds. The smallest absolute Gasteiger partial charge is 0.0333 e. The number of benzene rings is 1. The zero-order valence-corrected chi connectivity index (χ0v) is 12.1. The van der Waals surface area contributed by atoms with Gasteiger partial charge in [0.25, 0.3) is 0 Å². The van der Waals surface area contributed by atoms with Crippen molar-refractivity contribution in [3.8, 4) is 0 Å². The van der Waals surface area contributed by atoms with Crippen molar-refractivity contribution in [3.05, 3.63) is 35.9 Å². The van der Waals surface area contributed by atoms with Gasteiger partial charge >= 0.3 is 0 Å². The number of nitrogens with zero attached hydrogens (tertiary/aromatic N) is 2. The summed E-state index contributed by atoms with van der Waals surface area (Å²) in [4.78, 5) is 4.56. The third-order valence-corrected chi connectivity index (χ3v) is 3.33. The molecule has 2 N–H and O–H groups in total. The molecule has 0 aliphatic carbocycles. The topological polar surface area (TPSA) is 32.5 Å². The lowest BCUT2D eigenvalue weighted by Gasteiger charge is -2.26. The van der Waals surface area contributed by atoms with Crippen LogP contribution in [0.15, 0.2) is 30.3 Å². The molecule has 0 radical (unpaired) electrons. The van der Waals surface area contributed by atoms with Crippen LogP contribution in [0.3, 0.4) is 0 Å². The quantitative estimate of drug-likeness (QED) is 0.800. The zero-order valence-electron chi connectivity index (χ0n) is 12.1. The van der Waals surface area contributed by atoms with E-state index in [4.69, 9.17) is 5.73 Å². The highest BCUT2D eigenvalue weighted by atomic mass is 15.1. The van der Waals surface area contributed by atoms with E-state index in [0.717, 1.165) is 19.6 Å². The molecular formula is C15H27N3. The van der Waals surface area contributed by atoms with Crippen molar-refractivity contribution in [1.82, 2.24) is 9.80 Å². The summed E-state index contributed by atoms with van der Waals surface area (Å²) >= 11 is 0. The molecule has 1 aromatic carbocycles. The molecule has 0 aromatic heterocycles. The van der Waals surface area contributed by atoms with Crippen LogP contribution < -0.4 is 5.73 Å². The van der Waals surface area contributed by atoms with Crippen molar-refractivity contribution in [2.75, 3.05) is 40.8 Å². The number of rotatable bonds is 7. The number of hydrogen-bond donors (Lipinski definition) is 1. The molecule has 18 heavy (non-hydrogen) atoms. The first-order valence-corrected chi connectivity index (χ1v) is 6.64. The van der Waals surface area contributed by atoms with E-state index in [9.17, 15) is 0 Å². The van der Waals surface area contributed by atoms with Crippen LogP contribution in [-0.2, 0) is 0 Å². The summed E-state index contributed by atoms with van der Waals surface area (Å²) in [5.74, 6) is 0.458. The van der Waals surface area contributed by atoms with Crippen LogP contribution in [-0.4, -0.2) is 50.6 Å². The molecule has 102 valence electrons. The molecular weight excluding hydrogens is 222 g/mol. The van der Waals surface area contributed by atoms with Crippen molar-refractivity contribution < 1.29 is 0 Å². The van der Waals surface area contributed by atoms with E-state index in [2.05, 4.69) is 62.1 Å². The Morgan fingerprint density at radius 3 is 2.22 bits per heavy atom. The summed E-state index contributed by atoms with van der Waals surface area (Å²) in [6, 6.07) is 10.5. The molecule has 1 rings (SSSR count). The van der Waals surface area contributed by atoms with Gasteiger partial charge in [0.05, 0.1) is 0 Å². The predicted octanol–water partition coefficient (Wildman–Crippen LogP) is 1.82. The summed E-state index contributed by atoms with van der Waals surface area (Å²) < 4.78 is 0. The second-order valence-electron chi connectivity index (χ2n) is 5.48. The van der Waals surface area contributed by atoms with E-state index in [1.165, 1.54) is 5.56 Å². The predicted molar refractivity (Wildman–Crippen MR) is 78.6 cm³/mol. The Balaban J connectivity index is 2.42. The standard InChI is InChI=1S/C15H27N3/c1-13(12-18(4)11-10-17(2)3)15(16)14-8-6-5-7-9-14/h5-9,13,15H,10-12,16H2,1-4H3. The Hall–Kier alpha value is -0.900. The van der Waals surface area contributed by atoms with Crippen molar-refractivity contribution in [1.29, 1.82) is 0 Å². The SMILES string of the molecule is CC(CN(C)CCN(C)C)C(N)c1ccccc1. The Morgan fingerprint density at radius 2 is 1.67 bits per heavy atom. The molecule has 0 fully saturated rings. The molecule has 0 heterocycles. The maximum absolute atomic E-state index is 6.31. The number of nitrogens with two attached hydrogens (primary N) is 1. The minimum Gasteiger partial charge on any atom is -0.324 e. The minimum absolute atomic E-state index is 0.119. The van der Waals surface area contributed by atoms with Gasteiger partial charge < -0.3 is 15.5 Å². The highest BCUT2D eigenvalue weighted by Gasteiger charge is 2.16. The number of likely N-dealkylation sites (N-methyl/N-ethyl adjacent to an activating group) is 2. The van der Waals surface area contributed by atoms with Crippen molar-refractivity contribution in [2.45, 2.75) is 13.0 Å². The van der Waals surface area contributed by atoms with Gasteiger partial charge in [0.1, 0.15) is 0 Å². The Kier molecular flexibility index (Phi) is 6.33. The lowest BCUT2D eigenvalue weighted by atomic mass is 9.95. The van der Waals surface area contributed by atoms with Gasteiger partial charge in [-0.2, -0.15) is 0 Å². The first-order chi connectivity index (χ1) is 8.50. The molecule has 3 nitrogen and oxygen atoms in total. The third kappa shape index (κ3) is 5.17. The zero-order chi connectivity index (χ0) is 13.5. The molecule has 0 aliphatic heterocycles. The van der Waals surface area contributed by atoms with Gasteiger partial charge in [-0.1, -0.05) is 37.3 Å². The molecule has 2 unspecified atom stereocenters. The lowest BCUT2D eigenvalue weighted by Crippen LogP contribution is -2.35. The van der Waals surface area contributed by atoms with Gasteiger partial charge in [-0.3, -0.25) is 0 Å². The van der Waals surface area contributed by atoms with E-state index in [-0.39, 0.29) is 6.04 Å². The van der Waals surface area contributed by atoms with Gasteiger partial charge in [0, 0.05) is 25.7 Å². The summed E-state index contributed by atoms with van der Waals surface area (Å²) in [5, 5.41) is 0. The number of hydrogen-bond acceptors (Lipinski definition) is 3. The maximum Gasteiger partial charge on any atom is 0.0333 e. The van der Waals surface area contributed by atoms with E-state index in [1.807, 2.05) is 6.07 Å². The fourth-order valence-corrected chi connectivity index (χ4v) is 2.07. The summed E-state index contributed by atoms with van der Waals surface area (Å²) in [6.45, 7) is 5.43. The molecule has 0 aliphatic rings. The molecule has 0 saturated carbocycles. The van der Waals surface area contributed by atoms with E-state index in [1.54, 1.807) is 0 Å². The van der Waals surface area contributed by atoms with Crippen LogP contribution in [0.1, 0.15) is 18.5 Å². The van der Waals surface area contributed by atoms with Crippen LogP contribution in [0.5, 0.6) is 0 Å². The van der Waals surface area contributed by atoms with E-state index < -0.39 is 0 Å². The average molecular weight is 249 g/mol. The molecule has 0 spiro atoms. The summed E-state index contributed by atoms with van der Waals surface area (Å²) in [5.41, 5.74) is 7.53. The molecule has 1 aromatic rings. The molecule has 0 saturated heterocycles. The molecule has 2 atom stereocenters. The van der Waals surface area contributed by atoms with Gasteiger partial charge in [-0.05, 0) is 32.6 Å². The normalized spacial score (nSPS) is 15.1. The molecule has 3 heteroatoms. The van der Waals surface area contributed by atoms with Crippen molar-refractivity contribution in [2.24, 2.45) is 11.7 Å². The Labute approximate surface area is 112 Å². The highest BCUT2D eigenvalue weighted by molar-refractivity contribution is 5.19. The fraction of sp³-hybridized carbons (Fsp3) is 0.600. The van der Waals surface area contributed by atoms with Crippen LogP contribution >= 0.6 is 0 Å². The second-order valence-corrected chi connectivity index (χ2v) is 5.48. The molecule has 0 bridgehead atoms. The monoisotopic (exact) mass is 249 g/mol. The first kappa shape index (κ1) is 15.2. The Bertz CT molecular complexity index is 324. The second kappa shape index (κ2) is 7.52. The van der Waals surface area contributed by atoms with Crippen LogP contribution in [0, 0.1) is 5.92 Å². The van der Waals surface area contributed by atoms with E-state index in [0.29, 0.717) is 5.92 Å². The van der Waals surface area contributed by atoms with Crippen molar-refractivity contribution >= 4 is 0 Å². The van der Waals surface area contributed by atoms with Gasteiger partial charge in [0.2, 0.25) is 0 Å². The largest absolute Gasteiger partial charge is 0.324 e. The van der Waals surface area contributed by atoms with E-state index >= 15 is 0 Å². The van der Waals surface area contributed by atoms with Crippen LogP contribution in [0.4, 0.5) is 0 Å². The Morgan fingerprint density at radius 1 is 1.06 bits per heavy atom. The highest BCUT2D eigenvalue weighted by Crippen LogP contribution is 2.19. The van der Waals surface area contributed by atoms with Gasteiger partial charge in [0.15, 0.2) is 0 Å². The third-order valence-electron chi connectivity index (χ3n) is 3.33. The van der Waals surface area contributed by atoms with Crippen molar-refractivity contribution in [3.63, 3.8) is 0 Å². The minimum atomic E-state index is 0.119. The fourth-order valence-electron chi connectivity index (χ4n) is 2.07. The lowest BCUT2D eigenvalue weighted by molar-refractivity contribution is 0.238. The van der Waals surface area contributed by atoms with Gasteiger partial charge in [-0.25, -0.2) is 0 Å². The summed E-state index contributed by atoms with van der Waals surface area (Å²) in [6.07, 6.45) is 0. The van der Waals surface area contributed by atoms with Crippen LogP contribution in [0.25, 0.3) is 0 Å². The first-order valence-electron chi connectivity index (χ1n) is 6.64.